The lowest BCUT2D eigenvalue weighted by Crippen LogP contribution is -2.06. The Labute approximate surface area is 306 Å². The van der Waals surface area contributed by atoms with Crippen molar-refractivity contribution in [2.24, 2.45) is 0 Å². The fourth-order valence-electron chi connectivity index (χ4n) is 4.25. The summed E-state index contributed by atoms with van der Waals surface area (Å²) in [5, 5.41) is 29.8. The van der Waals surface area contributed by atoms with Crippen LogP contribution in [0.1, 0.15) is 63.7 Å². The monoisotopic (exact) mass is 784 g/mol. The zero-order valence-corrected chi connectivity index (χ0v) is 30.8. The van der Waals surface area contributed by atoms with Crippen molar-refractivity contribution >= 4 is 62.6 Å². The van der Waals surface area contributed by atoms with Crippen LogP contribution in [-0.2, 0) is 14.2 Å². The Bertz CT molecular complexity index is 1980. The number of carboxylic acids is 1. The molecule has 0 saturated carbocycles. The number of aromatic carboxylic acids is 1. The van der Waals surface area contributed by atoms with Crippen LogP contribution in [0.4, 0.5) is 22.7 Å². The maximum atomic E-state index is 11.2. The van der Waals surface area contributed by atoms with E-state index in [2.05, 4.69) is 30.1 Å². The number of halogens is 1. The molecule has 4 aromatic rings. The molecule has 52 heavy (non-hydrogen) atoms. The third-order valence-electron chi connectivity index (χ3n) is 6.96. The molecule has 0 aliphatic rings. The number of para-hydroxylation sites is 3. The molecule has 0 amide bonds. The summed E-state index contributed by atoms with van der Waals surface area (Å²) in [5.74, 6) is -2.78. The molecular formula is C35H37BrN4O12. The zero-order valence-electron chi connectivity index (χ0n) is 29.2. The first-order valence-corrected chi connectivity index (χ1v) is 15.5. The second-order valence-electron chi connectivity index (χ2n) is 10.5. The van der Waals surface area contributed by atoms with Crippen LogP contribution in [-0.4, -0.2) is 60.2 Å². The lowest BCUT2D eigenvalue weighted by atomic mass is 10.1. The van der Waals surface area contributed by atoms with Crippen molar-refractivity contribution in [3.8, 4) is 0 Å². The first-order valence-electron chi connectivity index (χ1n) is 14.7. The van der Waals surface area contributed by atoms with Gasteiger partial charge in [0.2, 0.25) is 0 Å². The van der Waals surface area contributed by atoms with Gasteiger partial charge in [0.15, 0.2) is 0 Å². The molecule has 276 valence electrons. The van der Waals surface area contributed by atoms with Gasteiger partial charge in [-0.2, -0.15) is 0 Å². The number of esters is 3. The van der Waals surface area contributed by atoms with E-state index in [1.165, 1.54) is 52.5 Å². The fraction of sp³-hybridized carbons (Fsp3) is 0.200. The number of carbonyl (C=O) groups excluding carboxylic acids is 3. The number of benzene rings is 4. The first-order chi connectivity index (χ1) is 24.3. The molecule has 0 fully saturated rings. The number of nitro benzene ring substituents is 2. The molecule has 4 rings (SSSR count). The summed E-state index contributed by atoms with van der Waals surface area (Å²) in [5.41, 5.74) is 14.9. The van der Waals surface area contributed by atoms with Crippen molar-refractivity contribution in [2.75, 3.05) is 32.8 Å². The van der Waals surface area contributed by atoms with Crippen molar-refractivity contribution in [2.45, 2.75) is 27.7 Å². The van der Waals surface area contributed by atoms with Crippen molar-refractivity contribution < 1.29 is 48.3 Å². The average molecular weight is 786 g/mol. The third kappa shape index (κ3) is 11.9. The number of nitrogen functional groups attached to an aromatic ring is 2. The number of nitrogens with two attached hydrogens (primary N) is 2. The average Bonchev–Trinajstić information content (AvgIpc) is 3.10. The SMILES string of the molecule is COC(=O)c1cc(Br)cc(C)c1N.COC(=O)c1cccc(C)c1N.COC(=O)c1cccc(C)c1[N+](=O)[O-].Cc1cccc(C(=O)O)c1[N+](=O)[O-]. The van der Waals surface area contributed by atoms with Gasteiger partial charge < -0.3 is 30.8 Å². The Morgan fingerprint density at radius 3 is 1.38 bits per heavy atom. The molecule has 0 aliphatic heterocycles. The van der Waals surface area contributed by atoms with E-state index in [0.29, 0.717) is 33.6 Å². The number of anilines is 2. The summed E-state index contributed by atoms with van der Waals surface area (Å²) in [6.07, 6.45) is 0. The Kier molecular flexibility index (Phi) is 17.1. The van der Waals surface area contributed by atoms with E-state index in [4.69, 9.17) is 16.6 Å². The van der Waals surface area contributed by atoms with E-state index >= 15 is 0 Å². The molecule has 0 spiro atoms. The molecule has 0 bridgehead atoms. The smallest absolute Gasteiger partial charge is 0.344 e. The van der Waals surface area contributed by atoms with Crippen molar-refractivity contribution in [1.82, 2.24) is 0 Å². The van der Waals surface area contributed by atoms with Crippen LogP contribution in [0, 0.1) is 47.9 Å². The van der Waals surface area contributed by atoms with Crippen molar-refractivity contribution in [3.05, 3.63) is 136 Å². The minimum absolute atomic E-state index is 0.0162. The molecule has 0 aliphatic carbocycles. The number of nitro groups is 2. The minimum atomic E-state index is -1.28. The molecule has 0 radical (unpaired) electrons. The molecule has 17 heteroatoms. The highest BCUT2D eigenvalue weighted by Gasteiger charge is 2.23. The molecular weight excluding hydrogens is 748 g/mol. The second kappa shape index (κ2) is 20.3. The number of hydrogen-bond donors (Lipinski definition) is 3. The number of methoxy groups -OCH3 is 3. The number of aryl methyl sites for hydroxylation is 4. The number of hydrogen-bond acceptors (Lipinski definition) is 13. The summed E-state index contributed by atoms with van der Waals surface area (Å²) < 4.78 is 14.4. The number of carbonyl (C=O) groups is 4. The summed E-state index contributed by atoms with van der Waals surface area (Å²) in [6.45, 7) is 6.77. The van der Waals surface area contributed by atoms with E-state index in [0.717, 1.165) is 15.6 Å². The lowest BCUT2D eigenvalue weighted by Gasteiger charge is -2.06. The van der Waals surface area contributed by atoms with Gasteiger partial charge in [-0.25, -0.2) is 19.2 Å². The predicted octanol–water partition coefficient (Wildman–Crippen LogP) is 6.78. The van der Waals surface area contributed by atoms with Crippen molar-refractivity contribution in [1.29, 1.82) is 0 Å². The van der Waals surface area contributed by atoms with E-state index in [1.54, 1.807) is 37.3 Å². The van der Waals surface area contributed by atoms with Gasteiger partial charge in [-0.05, 0) is 69.2 Å². The van der Waals surface area contributed by atoms with Gasteiger partial charge in [-0.1, -0.05) is 52.3 Å². The highest BCUT2D eigenvalue weighted by Crippen LogP contribution is 2.25. The van der Waals surface area contributed by atoms with Gasteiger partial charge in [-0.3, -0.25) is 20.2 Å². The lowest BCUT2D eigenvalue weighted by molar-refractivity contribution is -0.385. The van der Waals surface area contributed by atoms with Gasteiger partial charge >= 0.3 is 23.9 Å². The first kappa shape index (κ1) is 43.7. The van der Waals surface area contributed by atoms with E-state index in [1.807, 2.05) is 26.0 Å². The van der Waals surface area contributed by atoms with Crippen LogP contribution in [0.2, 0.25) is 0 Å². The highest BCUT2D eigenvalue weighted by atomic mass is 79.9. The van der Waals surface area contributed by atoms with Crippen LogP contribution in [0.15, 0.2) is 71.2 Å². The number of ether oxygens (including phenoxy) is 3. The van der Waals surface area contributed by atoms with Gasteiger partial charge in [0.05, 0.1) is 42.3 Å². The van der Waals surface area contributed by atoms with Crippen LogP contribution in [0.25, 0.3) is 0 Å². The second-order valence-corrected chi connectivity index (χ2v) is 11.4. The maximum absolute atomic E-state index is 11.2. The normalized spacial score (nSPS) is 9.62. The largest absolute Gasteiger partial charge is 0.477 e. The van der Waals surface area contributed by atoms with E-state index in [9.17, 15) is 39.4 Å². The molecule has 0 atom stereocenters. The molecule has 5 N–H and O–H groups in total. The highest BCUT2D eigenvalue weighted by molar-refractivity contribution is 9.10. The molecule has 0 saturated heterocycles. The van der Waals surface area contributed by atoms with Gasteiger partial charge in [0.1, 0.15) is 11.1 Å². The Balaban J connectivity index is 0.000000347. The molecule has 16 nitrogen and oxygen atoms in total. The molecule has 0 heterocycles. The fourth-order valence-corrected chi connectivity index (χ4v) is 4.82. The van der Waals surface area contributed by atoms with Crippen molar-refractivity contribution in [3.63, 3.8) is 0 Å². The van der Waals surface area contributed by atoms with Gasteiger partial charge in [0.25, 0.3) is 11.4 Å². The number of nitrogens with zero attached hydrogens (tertiary/aromatic N) is 2. The predicted molar refractivity (Wildman–Crippen MR) is 196 cm³/mol. The molecule has 4 aromatic carbocycles. The topological polar surface area (TPSA) is 255 Å². The molecule has 0 aromatic heterocycles. The van der Waals surface area contributed by atoms with Gasteiger partial charge in [-0.15, -0.1) is 0 Å². The zero-order chi connectivity index (χ0) is 39.9. The van der Waals surface area contributed by atoms with Crippen LogP contribution < -0.4 is 11.5 Å². The van der Waals surface area contributed by atoms with E-state index in [-0.39, 0.29) is 22.5 Å². The number of rotatable bonds is 6. The minimum Gasteiger partial charge on any atom is -0.477 e. The standard InChI is InChI=1S/C9H10BrNO2.C9H9NO4.C9H11NO2.C8H7NO4/c1-5-3-6(10)4-7(8(5)11)9(12)13-2;1-6-4-3-5-7(9(11)14-2)8(6)10(12)13;1-6-4-3-5-7(8(6)10)9(11)12-2;1-5-3-2-4-6(8(10)11)7(5)9(12)13/h3-4H,11H2,1-2H3;3-5H,1-2H3;3-5H,10H2,1-2H3;2-4H,1H3,(H,10,11). The summed E-state index contributed by atoms with van der Waals surface area (Å²) in [4.78, 5) is 63.9. The maximum Gasteiger partial charge on any atom is 0.344 e. The summed E-state index contributed by atoms with van der Waals surface area (Å²) in [7, 11) is 3.86. The van der Waals surface area contributed by atoms with Crippen LogP contribution in [0.3, 0.4) is 0 Å². The van der Waals surface area contributed by atoms with Crippen LogP contribution >= 0.6 is 15.9 Å². The quantitative estimate of drug-likeness (QED) is 0.0599. The van der Waals surface area contributed by atoms with E-state index < -0.39 is 33.7 Å². The third-order valence-corrected chi connectivity index (χ3v) is 7.42. The van der Waals surface area contributed by atoms with Crippen LogP contribution in [0.5, 0.6) is 0 Å². The summed E-state index contributed by atoms with van der Waals surface area (Å²) >= 11 is 3.28. The Morgan fingerprint density at radius 2 is 0.962 bits per heavy atom. The number of carboxylic acid groups (broad SMARTS) is 1. The Morgan fingerprint density at radius 1 is 0.596 bits per heavy atom. The molecule has 0 unspecified atom stereocenters. The Hall–Kier alpha value is -6.36. The summed E-state index contributed by atoms with van der Waals surface area (Å²) in [6, 6.07) is 17.5. The van der Waals surface area contributed by atoms with Gasteiger partial charge in [0, 0.05) is 27.0 Å².